The lowest BCUT2D eigenvalue weighted by atomic mass is 9.45. The summed E-state index contributed by atoms with van der Waals surface area (Å²) in [5.41, 5.74) is 1.10. The number of hydrogen-bond acceptors (Lipinski definition) is 4. The first kappa shape index (κ1) is 20.6. The smallest absolute Gasteiger partial charge is 0.172 e. The monoisotopic (exact) mass is 426 g/mol. The molecule has 2 heterocycles. The number of carbonyl (C=O) groups is 2. The van der Waals surface area contributed by atoms with Gasteiger partial charge < -0.3 is 9.47 Å². The number of ketones is 2. The molecule has 4 aliphatic carbocycles. The molecule has 3 saturated carbocycles. The van der Waals surface area contributed by atoms with E-state index in [-0.39, 0.29) is 23.4 Å². The number of ether oxygens (including phenoxy) is 2. The van der Waals surface area contributed by atoms with Crippen LogP contribution < -0.4 is 0 Å². The summed E-state index contributed by atoms with van der Waals surface area (Å²) in [4.78, 5) is 26.1. The van der Waals surface area contributed by atoms with Gasteiger partial charge >= 0.3 is 0 Å². The first-order valence-corrected chi connectivity index (χ1v) is 12.8. The maximum absolute atomic E-state index is 13.9. The summed E-state index contributed by atoms with van der Waals surface area (Å²) in [6.45, 7) is 9.89. The molecule has 6 aliphatic rings. The fourth-order valence-corrected chi connectivity index (χ4v) is 9.02. The fraction of sp³-hybridized carbons (Fsp3) is 0.852. The molecule has 4 nitrogen and oxygen atoms in total. The molecule has 2 aliphatic heterocycles. The summed E-state index contributed by atoms with van der Waals surface area (Å²) >= 11 is 0. The van der Waals surface area contributed by atoms with Gasteiger partial charge in [-0.15, -0.1) is 0 Å². The van der Waals surface area contributed by atoms with E-state index >= 15 is 0 Å². The van der Waals surface area contributed by atoms with Crippen molar-refractivity contribution in [3.05, 3.63) is 11.6 Å². The van der Waals surface area contributed by atoms with E-state index in [4.69, 9.17) is 9.47 Å². The SMILES string of the molecule is CC1CCC2(OC1)OC1C=C3C4CCC5CC(=O)CCC5(C)C4CC(=O)C3(C)C1C2C. The van der Waals surface area contributed by atoms with Crippen LogP contribution in [0.2, 0.25) is 0 Å². The quantitative estimate of drug-likeness (QED) is 0.506. The van der Waals surface area contributed by atoms with Gasteiger partial charge in [0.25, 0.3) is 0 Å². The highest BCUT2D eigenvalue weighted by Crippen LogP contribution is 2.68. The molecule has 0 bridgehead atoms. The van der Waals surface area contributed by atoms with Crippen LogP contribution in [-0.2, 0) is 19.1 Å². The highest BCUT2D eigenvalue weighted by atomic mass is 16.7. The highest BCUT2D eigenvalue weighted by molar-refractivity contribution is 5.91. The summed E-state index contributed by atoms with van der Waals surface area (Å²) < 4.78 is 13.1. The molecule has 0 radical (unpaired) electrons. The Morgan fingerprint density at radius 1 is 1.03 bits per heavy atom. The average Bonchev–Trinajstić information content (AvgIpc) is 3.18. The van der Waals surface area contributed by atoms with Crippen LogP contribution >= 0.6 is 0 Å². The van der Waals surface area contributed by atoms with Crippen LogP contribution in [0.3, 0.4) is 0 Å². The minimum absolute atomic E-state index is 0.00423. The Balaban J connectivity index is 1.35. The Labute approximate surface area is 186 Å². The summed E-state index contributed by atoms with van der Waals surface area (Å²) in [6.07, 6.45) is 9.77. The van der Waals surface area contributed by atoms with Crippen molar-refractivity contribution < 1.29 is 19.1 Å². The molecule has 31 heavy (non-hydrogen) atoms. The largest absolute Gasteiger partial charge is 0.349 e. The zero-order chi connectivity index (χ0) is 21.8. The molecule has 0 N–H and O–H groups in total. The van der Waals surface area contributed by atoms with Gasteiger partial charge in [0.15, 0.2) is 5.79 Å². The molecule has 5 fully saturated rings. The maximum atomic E-state index is 13.9. The molecule has 10 unspecified atom stereocenters. The van der Waals surface area contributed by atoms with E-state index in [0.717, 1.165) is 45.1 Å². The van der Waals surface area contributed by atoms with Crippen molar-refractivity contribution in [2.45, 2.75) is 91.0 Å². The van der Waals surface area contributed by atoms with E-state index in [1.807, 2.05) is 0 Å². The van der Waals surface area contributed by atoms with Crippen molar-refractivity contribution in [1.82, 2.24) is 0 Å². The lowest BCUT2D eigenvalue weighted by Crippen LogP contribution is -2.55. The number of carbonyl (C=O) groups excluding carboxylic acids is 2. The Morgan fingerprint density at radius 3 is 2.58 bits per heavy atom. The van der Waals surface area contributed by atoms with Gasteiger partial charge in [0.1, 0.15) is 11.6 Å². The fourth-order valence-electron chi connectivity index (χ4n) is 9.02. The Hall–Kier alpha value is -1.00. The van der Waals surface area contributed by atoms with Crippen molar-refractivity contribution in [3.8, 4) is 0 Å². The van der Waals surface area contributed by atoms with E-state index < -0.39 is 11.2 Å². The van der Waals surface area contributed by atoms with Gasteiger partial charge in [0.2, 0.25) is 0 Å². The topological polar surface area (TPSA) is 52.6 Å². The minimum atomic E-state index is -0.503. The van der Waals surface area contributed by atoms with Crippen LogP contribution in [0.5, 0.6) is 0 Å². The lowest BCUT2D eigenvalue weighted by molar-refractivity contribution is -0.265. The zero-order valence-electron chi connectivity index (χ0n) is 19.6. The first-order chi connectivity index (χ1) is 14.7. The van der Waals surface area contributed by atoms with Crippen LogP contribution in [0.1, 0.15) is 79.1 Å². The summed E-state index contributed by atoms with van der Waals surface area (Å²) in [6, 6.07) is 0. The Bertz CT molecular complexity index is 851. The number of fused-ring (bicyclic) bond motifs is 7. The average molecular weight is 427 g/mol. The molecule has 0 aromatic carbocycles. The molecule has 0 aromatic rings. The van der Waals surface area contributed by atoms with Gasteiger partial charge in [-0.1, -0.05) is 32.4 Å². The van der Waals surface area contributed by atoms with Crippen molar-refractivity contribution >= 4 is 11.6 Å². The second kappa shape index (κ2) is 6.53. The van der Waals surface area contributed by atoms with Crippen LogP contribution in [-0.4, -0.2) is 30.1 Å². The normalized spacial score (nSPS) is 56.0. The number of allylic oxidation sites excluding steroid dienone is 1. The van der Waals surface area contributed by atoms with Gasteiger partial charge in [-0.25, -0.2) is 0 Å². The summed E-state index contributed by atoms with van der Waals surface area (Å²) in [5, 5.41) is 0. The van der Waals surface area contributed by atoms with Crippen molar-refractivity contribution in [1.29, 1.82) is 0 Å². The van der Waals surface area contributed by atoms with E-state index in [1.54, 1.807) is 0 Å². The van der Waals surface area contributed by atoms with Crippen molar-refractivity contribution in [2.75, 3.05) is 6.61 Å². The maximum Gasteiger partial charge on any atom is 0.172 e. The molecule has 0 aromatic heterocycles. The number of rotatable bonds is 0. The summed E-state index contributed by atoms with van der Waals surface area (Å²) in [7, 11) is 0. The van der Waals surface area contributed by atoms with E-state index in [1.165, 1.54) is 5.57 Å². The van der Waals surface area contributed by atoms with Crippen molar-refractivity contribution in [3.63, 3.8) is 0 Å². The minimum Gasteiger partial charge on any atom is -0.349 e. The molecule has 6 rings (SSSR count). The third kappa shape index (κ3) is 2.55. The van der Waals surface area contributed by atoms with Crippen molar-refractivity contribution in [2.24, 2.45) is 46.3 Å². The molecular weight excluding hydrogens is 388 g/mol. The number of hydrogen-bond donors (Lipinski definition) is 0. The molecule has 2 saturated heterocycles. The van der Waals surface area contributed by atoms with E-state index in [2.05, 4.69) is 33.8 Å². The van der Waals surface area contributed by atoms with Gasteiger partial charge in [-0.05, 0) is 61.7 Å². The molecule has 170 valence electrons. The second-order valence-electron chi connectivity index (χ2n) is 12.4. The molecular formula is C27H38O4. The molecule has 1 spiro atoms. The third-order valence-electron chi connectivity index (χ3n) is 11.0. The van der Waals surface area contributed by atoms with E-state index in [0.29, 0.717) is 48.1 Å². The van der Waals surface area contributed by atoms with Crippen LogP contribution in [0, 0.1) is 46.3 Å². The van der Waals surface area contributed by atoms with Crippen LogP contribution in [0.25, 0.3) is 0 Å². The molecule has 0 amide bonds. The third-order valence-corrected chi connectivity index (χ3v) is 11.0. The number of Topliss-reactive ketones (excluding diaryl/α,β-unsaturated/α-hetero) is 2. The van der Waals surface area contributed by atoms with E-state index in [9.17, 15) is 9.59 Å². The summed E-state index contributed by atoms with van der Waals surface area (Å²) in [5.74, 6) is 2.68. The predicted octanol–water partition coefficient (Wildman–Crippen LogP) is 5.10. The molecule has 10 atom stereocenters. The lowest BCUT2D eigenvalue weighted by Gasteiger charge is -2.58. The highest BCUT2D eigenvalue weighted by Gasteiger charge is 2.68. The van der Waals surface area contributed by atoms with Crippen LogP contribution in [0.15, 0.2) is 11.6 Å². The second-order valence-corrected chi connectivity index (χ2v) is 12.4. The van der Waals surface area contributed by atoms with Gasteiger partial charge in [-0.3, -0.25) is 9.59 Å². The Kier molecular flexibility index (Phi) is 4.34. The first-order valence-electron chi connectivity index (χ1n) is 12.8. The van der Waals surface area contributed by atoms with Gasteiger partial charge in [0, 0.05) is 37.5 Å². The molecule has 4 heteroatoms. The van der Waals surface area contributed by atoms with Gasteiger partial charge in [0.05, 0.1) is 18.1 Å². The Morgan fingerprint density at radius 2 is 1.84 bits per heavy atom. The van der Waals surface area contributed by atoms with Gasteiger partial charge in [-0.2, -0.15) is 0 Å². The van der Waals surface area contributed by atoms with Crippen LogP contribution in [0.4, 0.5) is 0 Å². The predicted molar refractivity (Wildman–Crippen MR) is 117 cm³/mol. The zero-order valence-corrected chi connectivity index (χ0v) is 19.6. The standard InChI is InChI=1S/C27H38O4/c1-15-7-10-27(30-14-15)16(2)24-22(31-27)12-21-19-6-5-17-11-18(28)8-9-25(17,3)20(19)13-23(29)26(21,24)4/h12,15-17,19-20,22,24H,5-11,13-14H2,1-4H3.